The van der Waals surface area contributed by atoms with Gasteiger partial charge in [-0.25, -0.2) is 4.79 Å². The van der Waals surface area contributed by atoms with Crippen LogP contribution in [-0.4, -0.2) is 36.0 Å². The molecule has 28 heavy (non-hydrogen) atoms. The monoisotopic (exact) mass is 421 g/mol. The number of halogens is 2. The van der Waals surface area contributed by atoms with Gasteiger partial charge in [-0.1, -0.05) is 47.5 Å². The van der Waals surface area contributed by atoms with Gasteiger partial charge in [-0.3, -0.25) is 4.79 Å². The van der Waals surface area contributed by atoms with E-state index in [0.29, 0.717) is 10.0 Å². The number of amides is 1. The summed E-state index contributed by atoms with van der Waals surface area (Å²) < 4.78 is 11.1. The summed E-state index contributed by atoms with van der Waals surface area (Å²) in [7, 11) is 0. The van der Waals surface area contributed by atoms with E-state index in [0.717, 1.165) is 11.1 Å². The second kappa shape index (κ2) is 8.95. The fourth-order valence-electron chi connectivity index (χ4n) is 3.39. The number of benzene rings is 2. The number of ether oxygens (including phenoxy) is 2. The fraction of sp³-hybridized carbons (Fsp3) is 0.333. The first kappa shape index (κ1) is 20.6. The van der Waals surface area contributed by atoms with Crippen LogP contribution in [0.5, 0.6) is 0 Å². The summed E-state index contributed by atoms with van der Waals surface area (Å²) in [6, 6.07) is 13.2. The molecular formula is C21H21Cl2NO4. The minimum Gasteiger partial charge on any atom is -0.464 e. The lowest BCUT2D eigenvalue weighted by Gasteiger charge is -2.43. The molecule has 0 radical (unpaired) electrons. The zero-order chi connectivity index (χ0) is 20.3. The van der Waals surface area contributed by atoms with Gasteiger partial charge in [-0.2, -0.15) is 0 Å². The van der Waals surface area contributed by atoms with Crippen LogP contribution >= 0.6 is 23.2 Å². The van der Waals surface area contributed by atoms with Gasteiger partial charge in [-0.15, -0.1) is 0 Å². The predicted molar refractivity (Wildman–Crippen MR) is 107 cm³/mol. The smallest absolute Gasteiger partial charge is 0.328 e. The maximum atomic E-state index is 12.8. The number of carbonyl (C=O) groups excluding carboxylic acids is 2. The molecule has 1 amide bonds. The normalized spacial score (nSPS) is 20.7. The maximum Gasteiger partial charge on any atom is 0.328 e. The fourth-order valence-corrected chi connectivity index (χ4v) is 3.64. The van der Waals surface area contributed by atoms with Crippen LogP contribution in [0.1, 0.15) is 37.1 Å². The molecule has 2 aromatic rings. The van der Waals surface area contributed by atoms with Crippen molar-refractivity contribution in [3.05, 3.63) is 69.7 Å². The standard InChI is InChI=1S/C21H21Cl2NO4/c1-3-27-21(26)13(2)24-18(25)12-28-20(15-6-10-17(23)11-7-15)19(24)14-4-8-16(22)9-5-14/h4-11,13,19-20H,3,12H2,1-2H3/t13-,19-,20+/m1/s1. The summed E-state index contributed by atoms with van der Waals surface area (Å²) in [5.41, 5.74) is 1.67. The van der Waals surface area contributed by atoms with Gasteiger partial charge in [0.1, 0.15) is 18.8 Å². The molecule has 1 aliphatic rings. The molecule has 2 aromatic carbocycles. The molecule has 5 nitrogen and oxygen atoms in total. The first-order chi connectivity index (χ1) is 13.4. The van der Waals surface area contributed by atoms with Gasteiger partial charge >= 0.3 is 5.97 Å². The molecule has 3 atom stereocenters. The van der Waals surface area contributed by atoms with Crippen molar-refractivity contribution in [3.63, 3.8) is 0 Å². The highest BCUT2D eigenvalue weighted by molar-refractivity contribution is 6.30. The number of hydrogen-bond acceptors (Lipinski definition) is 4. The summed E-state index contributed by atoms with van der Waals surface area (Å²) in [6.07, 6.45) is -0.465. The van der Waals surface area contributed by atoms with Crippen LogP contribution in [0.4, 0.5) is 0 Å². The van der Waals surface area contributed by atoms with Crippen LogP contribution in [0.15, 0.2) is 48.5 Å². The number of esters is 1. The molecule has 1 aliphatic heterocycles. The topological polar surface area (TPSA) is 55.8 Å². The summed E-state index contributed by atoms with van der Waals surface area (Å²) in [5.74, 6) is -0.725. The van der Waals surface area contributed by atoms with Gasteiger partial charge in [0.15, 0.2) is 0 Å². The first-order valence-electron chi connectivity index (χ1n) is 9.02. The molecule has 0 aromatic heterocycles. The van der Waals surface area contributed by atoms with Gasteiger partial charge in [0.2, 0.25) is 5.91 Å². The summed E-state index contributed by atoms with van der Waals surface area (Å²) >= 11 is 12.1. The van der Waals surface area contributed by atoms with Crippen LogP contribution in [0.2, 0.25) is 10.0 Å². The molecule has 1 fully saturated rings. The lowest BCUT2D eigenvalue weighted by molar-refractivity contribution is -0.172. The van der Waals surface area contributed by atoms with E-state index in [1.54, 1.807) is 43.0 Å². The molecule has 0 saturated carbocycles. The van der Waals surface area contributed by atoms with Crippen LogP contribution < -0.4 is 0 Å². The lowest BCUT2D eigenvalue weighted by atomic mass is 9.91. The van der Waals surface area contributed by atoms with Crippen molar-refractivity contribution in [3.8, 4) is 0 Å². The molecule has 1 saturated heterocycles. The molecule has 0 unspecified atom stereocenters. The Labute approximate surface area is 174 Å². The van der Waals surface area contributed by atoms with E-state index < -0.39 is 24.2 Å². The van der Waals surface area contributed by atoms with E-state index in [9.17, 15) is 9.59 Å². The van der Waals surface area contributed by atoms with Crippen LogP contribution in [0, 0.1) is 0 Å². The third kappa shape index (κ3) is 4.32. The lowest BCUT2D eigenvalue weighted by Crippen LogP contribution is -2.52. The molecule has 0 aliphatic carbocycles. The first-order valence-corrected chi connectivity index (χ1v) is 9.78. The number of carbonyl (C=O) groups is 2. The maximum absolute atomic E-state index is 12.8. The van der Waals surface area contributed by atoms with Gasteiger partial charge < -0.3 is 14.4 Å². The minimum absolute atomic E-state index is 0.124. The van der Waals surface area contributed by atoms with Crippen molar-refractivity contribution in [2.75, 3.05) is 13.2 Å². The third-order valence-electron chi connectivity index (χ3n) is 4.72. The van der Waals surface area contributed by atoms with E-state index in [4.69, 9.17) is 32.7 Å². The van der Waals surface area contributed by atoms with Crippen molar-refractivity contribution >= 4 is 35.1 Å². The van der Waals surface area contributed by atoms with Crippen LogP contribution in [0.25, 0.3) is 0 Å². The predicted octanol–water partition coefficient (Wildman–Crippen LogP) is 4.59. The number of rotatable bonds is 5. The molecule has 0 spiro atoms. The van der Waals surface area contributed by atoms with E-state index in [2.05, 4.69) is 0 Å². The van der Waals surface area contributed by atoms with Crippen molar-refractivity contribution in [2.24, 2.45) is 0 Å². The van der Waals surface area contributed by atoms with Crippen LogP contribution in [0.3, 0.4) is 0 Å². The summed E-state index contributed by atoms with van der Waals surface area (Å²) in [4.78, 5) is 26.7. The molecule has 0 N–H and O–H groups in total. The quantitative estimate of drug-likeness (QED) is 0.662. The molecule has 3 rings (SSSR count). The Balaban J connectivity index is 2.06. The van der Waals surface area contributed by atoms with Crippen molar-refractivity contribution in [1.82, 2.24) is 4.90 Å². The molecule has 148 valence electrons. The Bertz CT molecular complexity index is 838. The highest BCUT2D eigenvalue weighted by atomic mass is 35.5. The Morgan fingerprint density at radius 2 is 1.64 bits per heavy atom. The van der Waals surface area contributed by atoms with Crippen LogP contribution in [-0.2, 0) is 19.1 Å². The molecule has 1 heterocycles. The summed E-state index contributed by atoms with van der Waals surface area (Å²) in [6.45, 7) is 3.52. The largest absolute Gasteiger partial charge is 0.464 e. The second-order valence-electron chi connectivity index (χ2n) is 6.51. The van der Waals surface area contributed by atoms with Gasteiger partial charge in [0.05, 0.1) is 12.6 Å². The highest BCUT2D eigenvalue weighted by Gasteiger charge is 2.43. The minimum atomic E-state index is -0.758. The molecule has 7 heteroatoms. The Kier molecular flexibility index (Phi) is 6.60. The zero-order valence-electron chi connectivity index (χ0n) is 15.6. The number of morpholine rings is 1. The van der Waals surface area contributed by atoms with Gasteiger partial charge in [0.25, 0.3) is 0 Å². The SMILES string of the molecule is CCOC(=O)[C@@H](C)N1C(=O)CO[C@@H](c2ccc(Cl)cc2)[C@H]1c1ccc(Cl)cc1. The summed E-state index contributed by atoms with van der Waals surface area (Å²) in [5, 5.41) is 1.19. The number of hydrogen-bond donors (Lipinski definition) is 0. The Morgan fingerprint density at radius 3 is 2.18 bits per heavy atom. The number of nitrogens with zero attached hydrogens (tertiary/aromatic N) is 1. The van der Waals surface area contributed by atoms with E-state index >= 15 is 0 Å². The average molecular weight is 422 g/mol. The Hall–Kier alpha value is -2.08. The van der Waals surface area contributed by atoms with E-state index in [1.807, 2.05) is 24.3 Å². The van der Waals surface area contributed by atoms with E-state index in [-0.39, 0.29) is 19.1 Å². The zero-order valence-corrected chi connectivity index (χ0v) is 17.1. The molecule has 0 bridgehead atoms. The highest BCUT2D eigenvalue weighted by Crippen LogP contribution is 2.41. The Morgan fingerprint density at radius 1 is 1.11 bits per heavy atom. The van der Waals surface area contributed by atoms with Crippen molar-refractivity contribution in [1.29, 1.82) is 0 Å². The molecular weight excluding hydrogens is 401 g/mol. The van der Waals surface area contributed by atoms with E-state index in [1.165, 1.54) is 0 Å². The van der Waals surface area contributed by atoms with Crippen molar-refractivity contribution in [2.45, 2.75) is 32.0 Å². The average Bonchev–Trinajstić information content (AvgIpc) is 2.69. The van der Waals surface area contributed by atoms with Crippen molar-refractivity contribution < 1.29 is 19.1 Å². The third-order valence-corrected chi connectivity index (χ3v) is 5.22. The van der Waals surface area contributed by atoms with Gasteiger partial charge in [0, 0.05) is 10.0 Å². The van der Waals surface area contributed by atoms with Gasteiger partial charge in [-0.05, 0) is 49.2 Å². The second-order valence-corrected chi connectivity index (χ2v) is 7.38.